The van der Waals surface area contributed by atoms with E-state index in [1.807, 2.05) is 0 Å². The van der Waals surface area contributed by atoms with E-state index in [2.05, 4.69) is 0 Å². The van der Waals surface area contributed by atoms with Crippen LogP contribution in [0.4, 0.5) is 0 Å². The lowest BCUT2D eigenvalue weighted by Gasteiger charge is -2.07. The summed E-state index contributed by atoms with van der Waals surface area (Å²) >= 11 is 11.3. The van der Waals surface area contributed by atoms with E-state index in [0.29, 0.717) is 16.3 Å². The van der Waals surface area contributed by atoms with Crippen LogP contribution >= 0.6 is 23.2 Å². The van der Waals surface area contributed by atoms with Crippen LogP contribution in [0.3, 0.4) is 0 Å². The molecule has 0 N–H and O–H groups in total. The van der Waals surface area contributed by atoms with Crippen molar-refractivity contribution in [3.05, 3.63) is 28.8 Å². The Kier molecular flexibility index (Phi) is 2.66. The highest BCUT2D eigenvalue weighted by molar-refractivity contribution is 6.68. The zero-order chi connectivity index (χ0) is 10.1. The Balaban J connectivity index is 2.30. The number of hydrogen-bond acceptors (Lipinski definition) is 2. The van der Waals surface area contributed by atoms with Crippen LogP contribution in [-0.4, -0.2) is 11.3 Å². The Labute approximate surface area is 91.8 Å². The summed E-state index contributed by atoms with van der Waals surface area (Å²) in [5.74, 6) is 0.542. The first kappa shape index (κ1) is 9.81. The molecule has 1 aliphatic carbocycles. The van der Waals surface area contributed by atoms with E-state index in [-0.39, 0.29) is 6.10 Å². The van der Waals surface area contributed by atoms with Crippen molar-refractivity contribution >= 4 is 28.4 Å². The predicted octanol–water partition coefficient (Wildman–Crippen LogP) is 3.26. The molecule has 14 heavy (non-hydrogen) atoms. The van der Waals surface area contributed by atoms with Gasteiger partial charge in [-0.15, -0.1) is 0 Å². The van der Waals surface area contributed by atoms with Crippen LogP contribution in [0.1, 0.15) is 23.2 Å². The van der Waals surface area contributed by atoms with Crippen molar-refractivity contribution in [2.75, 3.05) is 0 Å². The van der Waals surface area contributed by atoms with Gasteiger partial charge in [0.2, 0.25) is 0 Å². The van der Waals surface area contributed by atoms with Gasteiger partial charge in [0.25, 0.3) is 5.24 Å². The number of carbonyl (C=O) groups excluding carboxylic acids is 1. The number of rotatable bonds is 3. The molecule has 0 aliphatic heterocycles. The topological polar surface area (TPSA) is 26.3 Å². The minimum Gasteiger partial charge on any atom is -0.489 e. The van der Waals surface area contributed by atoms with Gasteiger partial charge in [0.05, 0.1) is 16.7 Å². The highest BCUT2D eigenvalue weighted by atomic mass is 35.5. The molecule has 0 atom stereocenters. The van der Waals surface area contributed by atoms with Gasteiger partial charge in [-0.05, 0) is 36.6 Å². The van der Waals surface area contributed by atoms with Crippen LogP contribution < -0.4 is 4.74 Å². The van der Waals surface area contributed by atoms with Crippen LogP contribution in [0.15, 0.2) is 18.2 Å². The molecule has 0 bridgehead atoms. The molecule has 74 valence electrons. The first-order valence-electron chi connectivity index (χ1n) is 4.33. The third-order valence-electron chi connectivity index (χ3n) is 1.99. The molecule has 1 saturated carbocycles. The largest absolute Gasteiger partial charge is 0.489 e. The SMILES string of the molecule is O=C(Cl)c1cccc(OC2CC2)c1Cl. The molecule has 0 aromatic heterocycles. The van der Waals surface area contributed by atoms with Crippen LogP contribution in [0.5, 0.6) is 5.75 Å². The second-order valence-electron chi connectivity index (χ2n) is 3.21. The third kappa shape index (κ3) is 2.02. The van der Waals surface area contributed by atoms with E-state index in [4.69, 9.17) is 27.9 Å². The van der Waals surface area contributed by atoms with Crippen LogP contribution in [-0.2, 0) is 0 Å². The summed E-state index contributed by atoms with van der Waals surface area (Å²) in [5, 5.41) is -0.254. The monoisotopic (exact) mass is 230 g/mol. The fourth-order valence-corrected chi connectivity index (χ4v) is 1.58. The maximum Gasteiger partial charge on any atom is 0.254 e. The van der Waals surface area contributed by atoms with Gasteiger partial charge in [0.15, 0.2) is 0 Å². The molecule has 2 rings (SSSR count). The summed E-state index contributed by atoms with van der Waals surface area (Å²) < 4.78 is 5.50. The quantitative estimate of drug-likeness (QED) is 0.746. The summed E-state index contributed by atoms with van der Waals surface area (Å²) in [6.07, 6.45) is 2.36. The Morgan fingerprint density at radius 3 is 2.71 bits per heavy atom. The molecule has 1 aromatic rings. The van der Waals surface area contributed by atoms with E-state index in [9.17, 15) is 4.79 Å². The van der Waals surface area contributed by atoms with E-state index < -0.39 is 5.24 Å². The molecular formula is C10H8Cl2O2. The zero-order valence-electron chi connectivity index (χ0n) is 7.30. The predicted molar refractivity (Wildman–Crippen MR) is 55.3 cm³/mol. The molecule has 4 heteroatoms. The second kappa shape index (κ2) is 3.79. The van der Waals surface area contributed by atoms with Crippen molar-refractivity contribution < 1.29 is 9.53 Å². The number of carbonyl (C=O) groups is 1. The van der Waals surface area contributed by atoms with E-state index in [1.165, 1.54) is 0 Å². The number of benzene rings is 1. The van der Waals surface area contributed by atoms with Crippen molar-refractivity contribution in [3.8, 4) is 5.75 Å². The van der Waals surface area contributed by atoms with Gasteiger partial charge in [-0.2, -0.15) is 0 Å². The average molecular weight is 231 g/mol. The molecule has 2 nitrogen and oxygen atoms in total. The molecule has 0 spiro atoms. The molecule has 0 amide bonds. The summed E-state index contributed by atoms with van der Waals surface area (Å²) in [5.41, 5.74) is 0.298. The lowest BCUT2D eigenvalue weighted by atomic mass is 10.2. The number of halogens is 2. The van der Waals surface area contributed by atoms with Crippen LogP contribution in [0.2, 0.25) is 5.02 Å². The Hall–Kier alpha value is -0.730. The Morgan fingerprint density at radius 1 is 1.43 bits per heavy atom. The Morgan fingerprint density at radius 2 is 2.14 bits per heavy atom. The lowest BCUT2D eigenvalue weighted by Crippen LogP contribution is -1.99. The number of hydrogen-bond donors (Lipinski definition) is 0. The van der Waals surface area contributed by atoms with Gasteiger partial charge in [0.1, 0.15) is 5.75 Å². The molecule has 1 aliphatic rings. The minimum atomic E-state index is -0.559. The zero-order valence-corrected chi connectivity index (χ0v) is 8.81. The van der Waals surface area contributed by atoms with E-state index in [0.717, 1.165) is 12.8 Å². The van der Waals surface area contributed by atoms with Gasteiger partial charge < -0.3 is 4.74 Å². The van der Waals surface area contributed by atoms with Gasteiger partial charge >= 0.3 is 0 Å². The van der Waals surface area contributed by atoms with Crippen molar-refractivity contribution in [2.45, 2.75) is 18.9 Å². The molecule has 0 radical (unpaired) electrons. The van der Waals surface area contributed by atoms with Crippen molar-refractivity contribution in [2.24, 2.45) is 0 Å². The highest BCUT2D eigenvalue weighted by Crippen LogP contribution is 2.34. The molecule has 0 unspecified atom stereocenters. The standard InChI is InChI=1S/C10H8Cl2O2/c11-9-7(10(12)13)2-1-3-8(9)14-6-4-5-6/h1-3,6H,4-5H2. The molecule has 1 fully saturated rings. The van der Waals surface area contributed by atoms with Crippen molar-refractivity contribution in [3.63, 3.8) is 0 Å². The summed E-state index contributed by atoms with van der Waals surface area (Å²) in [4.78, 5) is 10.9. The summed E-state index contributed by atoms with van der Waals surface area (Å²) in [6.45, 7) is 0. The summed E-state index contributed by atoms with van der Waals surface area (Å²) in [7, 11) is 0. The fraction of sp³-hybridized carbons (Fsp3) is 0.300. The maximum atomic E-state index is 10.9. The van der Waals surface area contributed by atoms with E-state index in [1.54, 1.807) is 18.2 Å². The van der Waals surface area contributed by atoms with Crippen LogP contribution in [0, 0.1) is 0 Å². The van der Waals surface area contributed by atoms with Gasteiger partial charge in [-0.3, -0.25) is 4.79 Å². The van der Waals surface area contributed by atoms with Gasteiger partial charge in [-0.1, -0.05) is 17.7 Å². The highest BCUT2D eigenvalue weighted by Gasteiger charge is 2.25. The van der Waals surface area contributed by atoms with Crippen molar-refractivity contribution in [1.82, 2.24) is 0 Å². The van der Waals surface area contributed by atoms with Gasteiger partial charge in [-0.25, -0.2) is 0 Å². The van der Waals surface area contributed by atoms with Crippen molar-refractivity contribution in [1.29, 1.82) is 0 Å². The number of ether oxygens (including phenoxy) is 1. The maximum absolute atomic E-state index is 10.9. The normalized spacial score (nSPS) is 15.3. The molecular weight excluding hydrogens is 223 g/mol. The smallest absolute Gasteiger partial charge is 0.254 e. The van der Waals surface area contributed by atoms with Gasteiger partial charge in [0, 0.05) is 0 Å². The van der Waals surface area contributed by atoms with Crippen LogP contribution in [0.25, 0.3) is 0 Å². The molecule has 0 heterocycles. The minimum absolute atomic E-state index is 0.258. The first-order chi connectivity index (χ1) is 6.68. The first-order valence-corrected chi connectivity index (χ1v) is 5.09. The fourth-order valence-electron chi connectivity index (χ4n) is 1.12. The third-order valence-corrected chi connectivity index (χ3v) is 2.59. The second-order valence-corrected chi connectivity index (χ2v) is 3.93. The lowest BCUT2D eigenvalue weighted by molar-refractivity contribution is 0.108. The van der Waals surface area contributed by atoms with E-state index >= 15 is 0 Å². The summed E-state index contributed by atoms with van der Waals surface area (Å²) in [6, 6.07) is 5.03. The molecule has 1 aromatic carbocycles. The molecule has 0 saturated heterocycles. The average Bonchev–Trinajstić information content (AvgIpc) is 2.92. The Bertz CT molecular complexity index is 372.